The zero-order chi connectivity index (χ0) is 25.6. The molecule has 1 N–H and O–H groups in total. The maximum absolute atomic E-state index is 6.33. The fourth-order valence-corrected chi connectivity index (χ4v) is 6.90. The number of fused-ring (bicyclic) bond motifs is 4. The molecule has 4 heterocycles. The number of aromatic nitrogens is 4. The Morgan fingerprint density at radius 1 is 1.10 bits per heavy atom. The molecule has 2 aliphatic heterocycles. The second-order valence-electron chi connectivity index (χ2n) is 11.0. The topological polar surface area (TPSA) is 77.2 Å². The van der Waals surface area contributed by atoms with E-state index in [4.69, 9.17) is 9.73 Å². The van der Waals surface area contributed by atoms with Crippen LogP contribution in [-0.2, 0) is 11.8 Å². The van der Waals surface area contributed by atoms with Crippen LogP contribution in [0.1, 0.15) is 44.2 Å². The van der Waals surface area contributed by atoms with Crippen molar-refractivity contribution in [1.29, 1.82) is 0 Å². The van der Waals surface area contributed by atoms with Crippen LogP contribution in [0.2, 0.25) is 0 Å². The van der Waals surface area contributed by atoms with Gasteiger partial charge in [-0.2, -0.15) is 0 Å². The Hall–Kier alpha value is -2.68. The Bertz CT molecular complexity index is 1480. The van der Waals surface area contributed by atoms with Crippen LogP contribution in [0.15, 0.2) is 63.9 Å². The van der Waals surface area contributed by atoms with E-state index in [0.717, 1.165) is 76.3 Å². The number of ether oxygens (including phenoxy) is 1. The Balaban J connectivity index is 0.00000277. The summed E-state index contributed by atoms with van der Waals surface area (Å²) >= 11 is 1.80. The molecule has 7 nitrogen and oxygen atoms in total. The van der Waals surface area contributed by atoms with Crippen LogP contribution in [0.5, 0.6) is 0 Å². The van der Waals surface area contributed by atoms with Gasteiger partial charge in [0.2, 0.25) is 0 Å². The summed E-state index contributed by atoms with van der Waals surface area (Å²) in [4.78, 5) is 9.50. The van der Waals surface area contributed by atoms with Crippen LogP contribution in [-0.4, -0.2) is 50.1 Å². The van der Waals surface area contributed by atoms with Crippen molar-refractivity contribution < 1.29 is 4.74 Å². The van der Waals surface area contributed by atoms with E-state index < -0.39 is 0 Å². The van der Waals surface area contributed by atoms with Gasteiger partial charge in [0, 0.05) is 47.9 Å². The Morgan fingerprint density at radius 2 is 2.00 bits per heavy atom. The van der Waals surface area contributed by atoms with Crippen LogP contribution >= 0.6 is 24.2 Å². The summed E-state index contributed by atoms with van der Waals surface area (Å²) in [5.41, 5.74) is 5.70. The van der Waals surface area contributed by atoms with Crippen LogP contribution in [0, 0.1) is 18.8 Å². The van der Waals surface area contributed by atoms with Crippen LogP contribution in [0.4, 0.5) is 0 Å². The molecule has 39 heavy (non-hydrogen) atoms. The third-order valence-corrected chi connectivity index (χ3v) is 9.35. The molecule has 7 rings (SSSR count). The quantitative estimate of drug-likeness (QED) is 0.215. The molecule has 1 aromatic carbocycles. The molecule has 3 atom stereocenters. The molecule has 4 aliphatic rings. The summed E-state index contributed by atoms with van der Waals surface area (Å²) in [6, 6.07) is 10.9. The lowest BCUT2D eigenvalue weighted by atomic mass is 9.81. The summed E-state index contributed by atoms with van der Waals surface area (Å²) in [7, 11) is 2.06. The third-order valence-electron chi connectivity index (χ3n) is 8.25. The second-order valence-corrected chi connectivity index (χ2v) is 12.1. The second kappa shape index (κ2) is 11.1. The number of halogens is 1. The molecule has 0 radical (unpaired) electrons. The number of nitrogens with one attached hydrogen (secondary N) is 1. The lowest BCUT2D eigenvalue weighted by Gasteiger charge is -2.29. The highest BCUT2D eigenvalue weighted by atomic mass is 35.5. The van der Waals surface area contributed by atoms with Gasteiger partial charge in [-0.3, -0.25) is 4.98 Å². The van der Waals surface area contributed by atoms with E-state index in [2.05, 4.69) is 68.5 Å². The number of aryl methyl sites for hydroxylation is 1. The van der Waals surface area contributed by atoms with Gasteiger partial charge in [-0.15, -0.1) is 22.6 Å². The zero-order valence-electron chi connectivity index (χ0n) is 22.5. The molecule has 1 saturated carbocycles. The lowest BCUT2D eigenvalue weighted by molar-refractivity contribution is 0.243. The zero-order valence-corrected chi connectivity index (χ0v) is 24.1. The minimum Gasteiger partial charge on any atom is -0.466 e. The average Bonchev–Trinajstić information content (AvgIpc) is 3.63. The van der Waals surface area contributed by atoms with Gasteiger partial charge < -0.3 is 14.6 Å². The first kappa shape index (κ1) is 26.5. The van der Waals surface area contributed by atoms with Crippen molar-refractivity contribution in [2.75, 3.05) is 12.3 Å². The first-order valence-corrected chi connectivity index (χ1v) is 14.9. The smallest absolute Gasteiger partial charge is 0.192 e. The summed E-state index contributed by atoms with van der Waals surface area (Å²) < 4.78 is 8.45. The number of hydrogen-bond donors (Lipinski definition) is 1. The van der Waals surface area contributed by atoms with Crippen LogP contribution in [0.3, 0.4) is 0 Å². The Morgan fingerprint density at radius 3 is 2.87 bits per heavy atom. The van der Waals surface area contributed by atoms with Crippen LogP contribution < -0.4 is 5.32 Å². The highest BCUT2D eigenvalue weighted by Gasteiger charge is 2.41. The lowest BCUT2D eigenvalue weighted by Crippen LogP contribution is -2.31. The first-order valence-electron chi connectivity index (χ1n) is 13.9. The number of pyridine rings is 1. The minimum absolute atomic E-state index is 0. The highest BCUT2D eigenvalue weighted by Crippen LogP contribution is 2.43. The maximum Gasteiger partial charge on any atom is 0.192 e. The molecule has 204 valence electrons. The van der Waals surface area contributed by atoms with Crippen molar-refractivity contribution in [1.82, 2.24) is 25.1 Å². The fraction of sp³-hybridized carbons (Fsp3) is 0.467. The van der Waals surface area contributed by atoms with Gasteiger partial charge in [0.05, 0.1) is 11.2 Å². The number of benzene rings is 1. The number of thioether (sulfide) groups is 1. The van der Waals surface area contributed by atoms with E-state index in [1.54, 1.807) is 11.8 Å². The van der Waals surface area contributed by atoms with Crippen molar-refractivity contribution in [3.8, 4) is 11.4 Å². The predicted octanol–water partition coefficient (Wildman–Crippen LogP) is 6.03. The predicted molar refractivity (Wildman–Crippen MR) is 159 cm³/mol. The molecular weight excluding hydrogens is 528 g/mol. The van der Waals surface area contributed by atoms with E-state index in [1.807, 2.05) is 13.0 Å². The summed E-state index contributed by atoms with van der Waals surface area (Å²) in [6.07, 6.45) is 11.8. The van der Waals surface area contributed by atoms with Crippen molar-refractivity contribution in [3.05, 3.63) is 59.4 Å². The van der Waals surface area contributed by atoms with E-state index in [9.17, 15) is 0 Å². The molecule has 0 bridgehead atoms. The molecule has 0 saturated heterocycles. The Labute approximate surface area is 240 Å². The van der Waals surface area contributed by atoms with Gasteiger partial charge in [-0.05, 0) is 69.1 Å². The van der Waals surface area contributed by atoms with Crippen LogP contribution in [0.25, 0.3) is 22.3 Å². The number of aliphatic imine (C=N–C) groups is 1. The third kappa shape index (κ3) is 5.26. The van der Waals surface area contributed by atoms with E-state index in [0.29, 0.717) is 17.9 Å². The van der Waals surface area contributed by atoms with Gasteiger partial charge in [0.1, 0.15) is 0 Å². The molecule has 2 aromatic heterocycles. The van der Waals surface area contributed by atoms with E-state index >= 15 is 0 Å². The number of allylic oxidation sites excluding steroid dienone is 1. The monoisotopic (exact) mass is 562 g/mol. The summed E-state index contributed by atoms with van der Waals surface area (Å²) in [6.45, 7) is 2.94. The SMILES string of the molecule is Cc1ccc2c(-c3nnc(SCCCC4CC5CC=C6N=C(C7CC7)OC6C5=CCN4)n3C)cccc2n1.Cl. The molecule has 2 aliphatic carbocycles. The number of hydrogen-bond acceptors (Lipinski definition) is 7. The van der Waals surface area contributed by atoms with E-state index in [1.165, 1.54) is 24.8 Å². The molecule has 0 spiro atoms. The van der Waals surface area contributed by atoms with Gasteiger partial charge in [-0.25, -0.2) is 4.99 Å². The van der Waals surface area contributed by atoms with E-state index in [-0.39, 0.29) is 18.5 Å². The number of nitrogens with zero attached hydrogens (tertiary/aromatic N) is 5. The minimum atomic E-state index is 0. The fourth-order valence-electron chi connectivity index (χ4n) is 6.03. The van der Waals surface area contributed by atoms with Gasteiger partial charge in [0.25, 0.3) is 0 Å². The van der Waals surface area contributed by atoms with Gasteiger partial charge in [0.15, 0.2) is 23.0 Å². The van der Waals surface area contributed by atoms with Crippen molar-refractivity contribution >= 4 is 41.0 Å². The standard InChI is InChI=1S/C30H34N6OS.ClH/c1-18-8-12-23-24(6-3-7-25(23)32-18)28-34-35-30(36(28)2)38-16-4-5-21-17-20-11-13-26-27(22(20)14-15-31-21)37-29(33-26)19-9-10-19;/h3,6-8,12-14,19-21,27,31H,4-5,9-11,15-17H2,1-2H3;1H. The number of rotatable bonds is 7. The first-order chi connectivity index (χ1) is 18.6. The normalized spacial score (nSPS) is 24.1. The van der Waals surface area contributed by atoms with Crippen molar-refractivity contribution in [2.24, 2.45) is 23.9 Å². The van der Waals surface area contributed by atoms with Gasteiger partial charge in [-0.1, -0.05) is 42.1 Å². The highest BCUT2D eigenvalue weighted by molar-refractivity contribution is 7.99. The van der Waals surface area contributed by atoms with Gasteiger partial charge >= 0.3 is 0 Å². The molecule has 1 fully saturated rings. The van der Waals surface area contributed by atoms with Crippen molar-refractivity contribution in [2.45, 2.75) is 62.8 Å². The summed E-state index contributed by atoms with van der Waals surface area (Å²) in [5.74, 6) is 4.05. The maximum atomic E-state index is 6.33. The average molecular weight is 563 g/mol. The molecule has 3 unspecified atom stereocenters. The molecule has 3 aromatic rings. The molecule has 0 amide bonds. The molecular formula is C30H35ClN6OS. The molecule has 9 heteroatoms. The largest absolute Gasteiger partial charge is 0.466 e. The summed E-state index contributed by atoms with van der Waals surface area (Å²) in [5, 5.41) is 14.9. The Kier molecular flexibility index (Phi) is 7.53. The van der Waals surface area contributed by atoms with Crippen molar-refractivity contribution in [3.63, 3.8) is 0 Å².